The summed E-state index contributed by atoms with van der Waals surface area (Å²) in [6.45, 7) is 5.33. The molecule has 5 heteroatoms. The molecule has 0 bridgehead atoms. The first-order valence-electron chi connectivity index (χ1n) is 4.69. The Labute approximate surface area is 83.7 Å². The summed E-state index contributed by atoms with van der Waals surface area (Å²) in [5.74, 6) is -1.26. The molecule has 0 saturated heterocycles. The van der Waals surface area contributed by atoms with Crippen molar-refractivity contribution < 1.29 is 20.4 Å². The van der Waals surface area contributed by atoms with Crippen LogP contribution in [0.25, 0.3) is 0 Å². The van der Waals surface area contributed by atoms with Gasteiger partial charge in [-0.25, -0.2) is 0 Å². The van der Waals surface area contributed by atoms with Gasteiger partial charge in [0.2, 0.25) is 0 Å². The van der Waals surface area contributed by atoms with Gasteiger partial charge in [-0.3, -0.25) is 4.79 Å². The summed E-state index contributed by atoms with van der Waals surface area (Å²) in [5.41, 5.74) is 3.67. The van der Waals surface area contributed by atoms with E-state index in [0.717, 1.165) is 0 Å². The van der Waals surface area contributed by atoms with E-state index in [1.165, 1.54) is 6.92 Å². The normalized spacial score (nSPS) is 14.9. The zero-order valence-electron chi connectivity index (χ0n) is 8.87. The van der Waals surface area contributed by atoms with Gasteiger partial charge < -0.3 is 21.0 Å². The molecule has 0 aliphatic heterocycles. The van der Waals surface area contributed by atoms with Crippen LogP contribution in [0.15, 0.2) is 0 Å². The van der Waals surface area contributed by atoms with E-state index in [1.807, 2.05) is 13.8 Å². The second-order valence-corrected chi connectivity index (χ2v) is 3.88. The minimum Gasteiger partial charge on any atom is -0.548 e. The Morgan fingerprint density at radius 3 is 2.21 bits per heavy atom. The predicted octanol–water partition coefficient (Wildman–Crippen LogP) is -2.10. The van der Waals surface area contributed by atoms with E-state index in [2.05, 4.69) is 11.1 Å². The molecule has 5 nitrogen and oxygen atoms in total. The summed E-state index contributed by atoms with van der Waals surface area (Å²) in [6, 6.07) is -1.37. The highest BCUT2D eigenvalue weighted by Gasteiger charge is 2.20. The summed E-state index contributed by atoms with van der Waals surface area (Å²) in [4.78, 5) is 21.7. The smallest absolute Gasteiger partial charge is 0.278 e. The van der Waals surface area contributed by atoms with E-state index in [9.17, 15) is 14.7 Å². The van der Waals surface area contributed by atoms with Crippen molar-refractivity contribution in [1.82, 2.24) is 5.32 Å². The average molecular weight is 202 g/mol. The van der Waals surface area contributed by atoms with Crippen molar-refractivity contribution in [3.63, 3.8) is 0 Å². The molecule has 0 rings (SSSR count). The standard InChI is InChI=1S/C9H18N2O3/c1-5(2)4-7(10)8(12)11-6(3)9(13)14/h5-7H,4,10H2,1-3H3,(H,11,12)(H,13,14)/t6-,7+/m1/s1. The zero-order valence-corrected chi connectivity index (χ0v) is 8.87. The molecule has 14 heavy (non-hydrogen) atoms. The Morgan fingerprint density at radius 2 is 1.86 bits per heavy atom. The number of amides is 1. The number of carboxylic acid groups (broad SMARTS) is 1. The Hall–Kier alpha value is -1.10. The first-order chi connectivity index (χ1) is 6.34. The zero-order chi connectivity index (χ0) is 11.3. The van der Waals surface area contributed by atoms with Crippen molar-refractivity contribution in [3.8, 4) is 0 Å². The summed E-state index contributed by atoms with van der Waals surface area (Å²) in [5, 5.41) is 12.7. The topological polar surface area (TPSA) is 96.9 Å². The fraction of sp³-hybridized carbons (Fsp3) is 0.778. The van der Waals surface area contributed by atoms with E-state index < -0.39 is 18.1 Å². The van der Waals surface area contributed by atoms with E-state index in [0.29, 0.717) is 12.3 Å². The molecule has 0 aromatic heterocycles. The number of carboxylic acids is 1. The molecule has 0 aromatic carbocycles. The van der Waals surface area contributed by atoms with Crippen molar-refractivity contribution in [3.05, 3.63) is 0 Å². The highest BCUT2D eigenvalue weighted by atomic mass is 16.4. The van der Waals surface area contributed by atoms with E-state index in [1.54, 1.807) is 0 Å². The molecule has 0 aliphatic rings. The molecule has 0 aromatic rings. The summed E-state index contributed by atoms with van der Waals surface area (Å²) >= 11 is 0. The largest absolute Gasteiger partial charge is 0.548 e. The molecule has 2 atom stereocenters. The number of carbonyl (C=O) groups excluding carboxylic acids is 2. The van der Waals surface area contributed by atoms with E-state index in [-0.39, 0.29) is 5.91 Å². The van der Waals surface area contributed by atoms with Crippen LogP contribution in [0.2, 0.25) is 0 Å². The quantitative estimate of drug-likeness (QED) is 0.534. The maximum absolute atomic E-state index is 11.3. The predicted molar refractivity (Wildman–Crippen MR) is 48.7 cm³/mol. The van der Waals surface area contributed by atoms with Crippen LogP contribution in [-0.4, -0.2) is 24.0 Å². The number of aliphatic carboxylic acids is 1. The van der Waals surface area contributed by atoms with Crippen molar-refractivity contribution in [2.75, 3.05) is 0 Å². The third kappa shape index (κ3) is 4.81. The average Bonchev–Trinajstić information content (AvgIpc) is 2.02. The van der Waals surface area contributed by atoms with E-state index in [4.69, 9.17) is 0 Å². The number of carbonyl (C=O) groups is 2. The molecular formula is C9H18N2O3. The van der Waals surface area contributed by atoms with Gasteiger partial charge >= 0.3 is 0 Å². The maximum atomic E-state index is 11.3. The first kappa shape index (κ1) is 12.9. The van der Waals surface area contributed by atoms with Crippen molar-refractivity contribution in [2.24, 2.45) is 5.92 Å². The molecule has 0 saturated carbocycles. The van der Waals surface area contributed by atoms with Gasteiger partial charge in [-0.15, -0.1) is 0 Å². The van der Waals surface area contributed by atoms with Gasteiger partial charge in [0.15, 0.2) is 6.04 Å². The van der Waals surface area contributed by atoms with Gasteiger partial charge in [0.25, 0.3) is 5.91 Å². The molecule has 1 amide bonds. The lowest BCUT2D eigenvalue weighted by Gasteiger charge is -2.17. The molecule has 4 N–H and O–H groups in total. The van der Waals surface area contributed by atoms with Gasteiger partial charge in [0, 0.05) is 6.42 Å². The van der Waals surface area contributed by atoms with Crippen LogP contribution in [0.1, 0.15) is 27.2 Å². The van der Waals surface area contributed by atoms with E-state index >= 15 is 0 Å². The number of quaternary nitrogens is 1. The molecule has 82 valence electrons. The highest BCUT2D eigenvalue weighted by Crippen LogP contribution is 2.01. The third-order valence-corrected chi connectivity index (χ3v) is 1.84. The SMILES string of the molecule is CC(C)C[C@H]([NH3+])C(=O)N[C@H](C)C(=O)[O-]. The number of rotatable bonds is 5. The second kappa shape index (κ2) is 5.59. The lowest BCUT2D eigenvalue weighted by atomic mass is 10.0. The monoisotopic (exact) mass is 202 g/mol. The summed E-state index contributed by atoms with van der Waals surface area (Å²) in [7, 11) is 0. The second-order valence-electron chi connectivity index (χ2n) is 3.88. The van der Waals surface area contributed by atoms with Gasteiger partial charge in [-0.2, -0.15) is 0 Å². The lowest BCUT2D eigenvalue weighted by molar-refractivity contribution is -0.406. The van der Waals surface area contributed by atoms with Gasteiger partial charge in [0.05, 0.1) is 12.0 Å². The Balaban J connectivity index is 4.01. The molecule has 0 unspecified atom stereocenters. The van der Waals surface area contributed by atoms with Gasteiger partial charge in [-0.05, 0) is 12.8 Å². The van der Waals surface area contributed by atoms with Crippen LogP contribution in [-0.2, 0) is 9.59 Å². The molecule has 0 radical (unpaired) electrons. The van der Waals surface area contributed by atoms with Crippen molar-refractivity contribution in [2.45, 2.75) is 39.3 Å². The number of hydrogen-bond donors (Lipinski definition) is 2. The first-order valence-corrected chi connectivity index (χ1v) is 4.69. The van der Waals surface area contributed by atoms with Crippen LogP contribution in [0.4, 0.5) is 0 Å². The van der Waals surface area contributed by atoms with Crippen LogP contribution in [0.3, 0.4) is 0 Å². The maximum Gasteiger partial charge on any atom is 0.278 e. The molecular weight excluding hydrogens is 184 g/mol. The minimum absolute atomic E-state index is 0.338. The number of nitrogens with one attached hydrogen (secondary N) is 1. The van der Waals surface area contributed by atoms with Crippen LogP contribution in [0.5, 0.6) is 0 Å². The molecule has 0 fully saturated rings. The van der Waals surface area contributed by atoms with Gasteiger partial charge in [0.1, 0.15) is 0 Å². The fourth-order valence-corrected chi connectivity index (χ4v) is 1.07. The van der Waals surface area contributed by atoms with Crippen LogP contribution in [0, 0.1) is 5.92 Å². The van der Waals surface area contributed by atoms with Crippen molar-refractivity contribution in [1.29, 1.82) is 0 Å². The Morgan fingerprint density at radius 1 is 1.36 bits per heavy atom. The summed E-state index contributed by atoms with van der Waals surface area (Å²) in [6.07, 6.45) is 0.644. The molecule has 0 heterocycles. The molecule has 0 spiro atoms. The van der Waals surface area contributed by atoms with Crippen LogP contribution >= 0.6 is 0 Å². The van der Waals surface area contributed by atoms with Gasteiger partial charge in [-0.1, -0.05) is 13.8 Å². The highest BCUT2D eigenvalue weighted by molar-refractivity contribution is 5.84. The third-order valence-electron chi connectivity index (χ3n) is 1.84. The summed E-state index contributed by atoms with van der Waals surface area (Å²) < 4.78 is 0. The minimum atomic E-state index is -1.28. The van der Waals surface area contributed by atoms with Crippen molar-refractivity contribution >= 4 is 11.9 Å². The number of hydrogen-bond acceptors (Lipinski definition) is 3. The Kier molecular flexibility index (Phi) is 5.15. The Bertz CT molecular complexity index is 216. The fourth-order valence-electron chi connectivity index (χ4n) is 1.07. The van der Waals surface area contributed by atoms with Crippen LogP contribution < -0.4 is 16.2 Å². The lowest BCUT2D eigenvalue weighted by Crippen LogP contribution is -2.69. The molecule has 0 aliphatic carbocycles.